The Labute approximate surface area is 115 Å². The van der Waals surface area contributed by atoms with E-state index in [1.54, 1.807) is 0 Å². The molecule has 1 saturated carbocycles. The Kier molecular flexibility index (Phi) is 6.67. The molecule has 0 radical (unpaired) electrons. The number of amidine groups is 1. The second-order valence-electron chi connectivity index (χ2n) is 5.50. The van der Waals surface area contributed by atoms with Crippen molar-refractivity contribution in [2.75, 3.05) is 0 Å². The van der Waals surface area contributed by atoms with Crippen LogP contribution in [0.15, 0.2) is 5.16 Å². The van der Waals surface area contributed by atoms with Crippen LogP contribution in [0.3, 0.4) is 0 Å². The van der Waals surface area contributed by atoms with Gasteiger partial charge < -0.3 is 16.3 Å². The smallest absolute Gasteiger partial charge is 0.231 e. The molecule has 1 aliphatic rings. The summed E-state index contributed by atoms with van der Waals surface area (Å²) >= 11 is 0. The number of carbonyl (C=O) groups is 1. The fourth-order valence-electron chi connectivity index (χ4n) is 2.90. The molecule has 0 saturated heterocycles. The van der Waals surface area contributed by atoms with E-state index in [2.05, 4.69) is 17.4 Å². The molecule has 0 aromatic heterocycles. The van der Waals surface area contributed by atoms with Gasteiger partial charge in [0, 0.05) is 6.04 Å². The number of carbonyl (C=O) groups excluding carboxylic acids is 1. The molecule has 1 unspecified atom stereocenters. The van der Waals surface area contributed by atoms with Gasteiger partial charge in [0.05, 0.1) is 5.92 Å². The van der Waals surface area contributed by atoms with Gasteiger partial charge in [-0.05, 0) is 38.0 Å². The highest BCUT2D eigenvalue weighted by Gasteiger charge is 2.26. The fraction of sp³-hybridized carbons (Fsp3) is 0.857. The number of nitrogens with one attached hydrogen (secondary N) is 1. The van der Waals surface area contributed by atoms with Crippen LogP contribution in [0.1, 0.15) is 58.8 Å². The van der Waals surface area contributed by atoms with Gasteiger partial charge in [-0.3, -0.25) is 4.79 Å². The highest BCUT2D eigenvalue weighted by molar-refractivity contribution is 6.02. The zero-order valence-electron chi connectivity index (χ0n) is 12.1. The van der Waals surface area contributed by atoms with Crippen LogP contribution in [0.25, 0.3) is 0 Å². The highest BCUT2D eigenvalue weighted by atomic mass is 16.4. The lowest BCUT2D eigenvalue weighted by molar-refractivity contribution is -0.124. The monoisotopic (exact) mass is 269 g/mol. The van der Waals surface area contributed by atoms with E-state index in [1.165, 1.54) is 25.7 Å². The summed E-state index contributed by atoms with van der Waals surface area (Å²) in [6.45, 7) is 4.08. The second kappa shape index (κ2) is 8.02. The molecule has 5 heteroatoms. The molecule has 0 spiro atoms. The van der Waals surface area contributed by atoms with Crippen LogP contribution < -0.4 is 11.1 Å². The molecule has 110 valence electrons. The number of nitrogens with two attached hydrogens (primary N) is 1. The van der Waals surface area contributed by atoms with Crippen LogP contribution in [0.4, 0.5) is 0 Å². The normalized spacial score (nSPS) is 25.9. The zero-order valence-corrected chi connectivity index (χ0v) is 12.1. The molecule has 0 aliphatic heterocycles. The Morgan fingerprint density at radius 1 is 1.37 bits per heavy atom. The second-order valence-corrected chi connectivity index (χ2v) is 5.50. The van der Waals surface area contributed by atoms with Gasteiger partial charge in [0.2, 0.25) is 5.91 Å². The number of nitrogens with zero attached hydrogens (tertiary/aromatic N) is 1. The summed E-state index contributed by atoms with van der Waals surface area (Å²) in [5.41, 5.74) is 5.53. The summed E-state index contributed by atoms with van der Waals surface area (Å²) in [6, 6.07) is 0.251. The average Bonchev–Trinajstić information content (AvgIpc) is 2.42. The third kappa shape index (κ3) is 4.73. The molecule has 19 heavy (non-hydrogen) atoms. The number of rotatable bonds is 6. The molecule has 1 fully saturated rings. The molecule has 0 bridgehead atoms. The third-order valence-corrected chi connectivity index (χ3v) is 4.09. The van der Waals surface area contributed by atoms with E-state index in [0.717, 1.165) is 18.8 Å². The maximum Gasteiger partial charge on any atom is 0.231 e. The van der Waals surface area contributed by atoms with Crippen molar-refractivity contribution in [1.82, 2.24) is 5.32 Å². The first kappa shape index (κ1) is 15.8. The van der Waals surface area contributed by atoms with Gasteiger partial charge in [-0.1, -0.05) is 31.8 Å². The van der Waals surface area contributed by atoms with Gasteiger partial charge in [-0.2, -0.15) is 0 Å². The van der Waals surface area contributed by atoms with Crippen molar-refractivity contribution in [2.24, 2.45) is 22.7 Å². The van der Waals surface area contributed by atoms with Crippen molar-refractivity contribution in [3.63, 3.8) is 0 Å². The van der Waals surface area contributed by atoms with E-state index in [4.69, 9.17) is 10.9 Å². The molecule has 1 amide bonds. The molecular weight excluding hydrogens is 242 g/mol. The van der Waals surface area contributed by atoms with Crippen molar-refractivity contribution in [1.29, 1.82) is 0 Å². The lowest BCUT2D eigenvalue weighted by atomic mass is 9.83. The molecular formula is C14H27N3O2. The molecule has 4 N–H and O–H groups in total. The SMILES string of the molecule is CCCC1CCC(NC(=O)C(CC)C(N)=NO)CC1. The van der Waals surface area contributed by atoms with Crippen LogP contribution >= 0.6 is 0 Å². The minimum absolute atomic E-state index is 0.000307. The van der Waals surface area contributed by atoms with Crippen molar-refractivity contribution in [2.45, 2.75) is 64.8 Å². The van der Waals surface area contributed by atoms with E-state index >= 15 is 0 Å². The maximum atomic E-state index is 12.1. The van der Waals surface area contributed by atoms with Crippen LogP contribution in [-0.4, -0.2) is 23.0 Å². The predicted octanol–water partition coefficient (Wildman–Crippen LogP) is 2.23. The van der Waals surface area contributed by atoms with E-state index in [9.17, 15) is 4.79 Å². The third-order valence-electron chi connectivity index (χ3n) is 4.09. The Balaban J connectivity index is 2.41. The first-order valence-corrected chi connectivity index (χ1v) is 7.40. The first-order chi connectivity index (χ1) is 9.12. The molecule has 0 heterocycles. The van der Waals surface area contributed by atoms with Gasteiger partial charge in [-0.25, -0.2) is 0 Å². The van der Waals surface area contributed by atoms with Gasteiger partial charge >= 0.3 is 0 Å². The van der Waals surface area contributed by atoms with Crippen molar-refractivity contribution < 1.29 is 10.0 Å². The maximum absolute atomic E-state index is 12.1. The Hall–Kier alpha value is -1.26. The first-order valence-electron chi connectivity index (χ1n) is 7.40. The molecule has 1 rings (SSSR count). The zero-order chi connectivity index (χ0) is 14.3. The van der Waals surface area contributed by atoms with Crippen LogP contribution in [0.5, 0.6) is 0 Å². The van der Waals surface area contributed by atoms with Gasteiger partial charge in [0.15, 0.2) is 5.84 Å². The topological polar surface area (TPSA) is 87.7 Å². The van der Waals surface area contributed by atoms with Gasteiger partial charge in [-0.15, -0.1) is 0 Å². The molecule has 5 nitrogen and oxygen atoms in total. The van der Waals surface area contributed by atoms with Crippen molar-refractivity contribution in [3.8, 4) is 0 Å². The number of oxime groups is 1. The summed E-state index contributed by atoms with van der Waals surface area (Å²) in [5, 5.41) is 14.6. The Morgan fingerprint density at radius 3 is 2.47 bits per heavy atom. The van der Waals surface area contributed by atoms with E-state index < -0.39 is 5.92 Å². The van der Waals surface area contributed by atoms with Crippen LogP contribution in [0, 0.1) is 11.8 Å². The summed E-state index contributed by atoms with van der Waals surface area (Å²) < 4.78 is 0. The van der Waals surface area contributed by atoms with Crippen molar-refractivity contribution >= 4 is 11.7 Å². The lowest BCUT2D eigenvalue weighted by Gasteiger charge is -2.29. The Bertz CT molecular complexity index is 310. The molecule has 1 atom stereocenters. The number of hydrogen-bond donors (Lipinski definition) is 3. The number of amides is 1. The predicted molar refractivity (Wildman–Crippen MR) is 76.0 cm³/mol. The summed E-state index contributed by atoms with van der Waals surface area (Å²) in [6.07, 6.45) is 7.56. The summed E-state index contributed by atoms with van der Waals surface area (Å²) in [7, 11) is 0. The highest BCUT2D eigenvalue weighted by Crippen LogP contribution is 2.27. The van der Waals surface area contributed by atoms with Gasteiger partial charge in [0.1, 0.15) is 0 Å². The molecule has 0 aromatic rings. The molecule has 1 aliphatic carbocycles. The van der Waals surface area contributed by atoms with Gasteiger partial charge in [0.25, 0.3) is 0 Å². The van der Waals surface area contributed by atoms with E-state index in [1.807, 2.05) is 6.92 Å². The summed E-state index contributed by atoms with van der Waals surface area (Å²) in [5.74, 6) is 0.193. The van der Waals surface area contributed by atoms with Crippen LogP contribution in [0.2, 0.25) is 0 Å². The largest absolute Gasteiger partial charge is 0.409 e. The summed E-state index contributed by atoms with van der Waals surface area (Å²) in [4.78, 5) is 12.1. The minimum atomic E-state index is -0.515. The van der Waals surface area contributed by atoms with Crippen LogP contribution in [-0.2, 0) is 4.79 Å². The van der Waals surface area contributed by atoms with E-state index in [0.29, 0.717) is 6.42 Å². The number of hydrogen-bond acceptors (Lipinski definition) is 3. The lowest BCUT2D eigenvalue weighted by Crippen LogP contribution is -2.44. The average molecular weight is 269 g/mol. The quantitative estimate of drug-likeness (QED) is 0.299. The van der Waals surface area contributed by atoms with Crippen molar-refractivity contribution in [3.05, 3.63) is 0 Å². The fourth-order valence-corrected chi connectivity index (χ4v) is 2.90. The standard InChI is InChI=1S/C14H27N3O2/c1-3-5-10-6-8-11(9-7-10)16-14(18)12(4-2)13(15)17-19/h10-12,19H,3-9H2,1-2H3,(H2,15,17)(H,16,18). The van der Waals surface area contributed by atoms with E-state index in [-0.39, 0.29) is 17.8 Å². The molecule has 0 aromatic carbocycles. The Morgan fingerprint density at radius 2 is 2.00 bits per heavy atom. The minimum Gasteiger partial charge on any atom is -0.409 e.